The minimum Gasteiger partial charge on any atom is -0.354 e. The summed E-state index contributed by atoms with van der Waals surface area (Å²) < 4.78 is 0. The molecule has 7 nitrogen and oxygen atoms in total. The summed E-state index contributed by atoms with van der Waals surface area (Å²) in [6.45, 7) is 0.201. The van der Waals surface area contributed by atoms with Crippen molar-refractivity contribution in [3.8, 4) is 0 Å². The average molecular weight is 400 g/mol. The maximum atomic E-state index is 12.7. The van der Waals surface area contributed by atoms with Crippen LogP contribution in [-0.2, 0) is 11.3 Å². The maximum Gasteiger partial charge on any atom is 0.324 e. The monoisotopic (exact) mass is 400 g/mol. The number of carbonyl (C=O) groups is 3. The summed E-state index contributed by atoms with van der Waals surface area (Å²) >= 11 is 0. The first-order valence-corrected chi connectivity index (χ1v) is 9.50. The van der Waals surface area contributed by atoms with Crippen LogP contribution in [0.15, 0.2) is 78.9 Å². The molecule has 150 valence electrons. The Morgan fingerprint density at radius 3 is 2.20 bits per heavy atom. The van der Waals surface area contributed by atoms with Gasteiger partial charge < -0.3 is 16.0 Å². The Hall–Kier alpha value is -4.13. The Balaban J connectivity index is 1.44. The van der Waals surface area contributed by atoms with E-state index >= 15 is 0 Å². The highest BCUT2D eigenvalue weighted by Crippen LogP contribution is 2.25. The van der Waals surface area contributed by atoms with Crippen molar-refractivity contribution in [3.63, 3.8) is 0 Å². The topological polar surface area (TPSA) is 90.5 Å². The molecule has 3 aromatic carbocycles. The molecule has 3 N–H and O–H groups in total. The van der Waals surface area contributed by atoms with Gasteiger partial charge in [-0.15, -0.1) is 0 Å². The SMILES string of the molecule is O=C(Nc1ccccc1Nc1ccccc1)c1ccc(CN2C(=O)CNC2=O)cc1. The van der Waals surface area contributed by atoms with Crippen LogP contribution in [-0.4, -0.2) is 29.3 Å². The summed E-state index contributed by atoms with van der Waals surface area (Å²) in [5.74, 6) is -0.511. The van der Waals surface area contributed by atoms with E-state index < -0.39 is 6.03 Å². The van der Waals surface area contributed by atoms with Crippen molar-refractivity contribution < 1.29 is 14.4 Å². The number of nitrogens with one attached hydrogen (secondary N) is 3. The first kappa shape index (κ1) is 19.2. The molecule has 30 heavy (non-hydrogen) atoms. The number of benzene rings is 3. The molecular formula is C23H20N4O3. The lowest BCUT2D eigenvalue weighted by Gasteiger charge is -2.14. The summed E-state index contributed by atoms with van der Waals surface area (Å²) in [4.78, 5) is 37.2. The Labute approximate surface area is 173 Å². The molecule has 0 atom stereocenters. The smallest absolute Gasteiger partial charge is 0.324 e. The van der Waals surface area contributed by atoms with E-state index in [2.05, 4.69) is 16.0 Å². The van der Waals surface area contributed by atoms with E-state index in [-0.39, 0.29) is 24.9 Å². The molecule has 1 saturated heterocycles. The number of carbonyl (C=O) groups excluding carboxylic acids is 3. The van der Waals surface area contributed by atoms with E-state index in [4.69, 9.17) is 0 Å². The Bertz CT molecular complexity index is 1070. The molecule has 1 fully saturated rings. The third kappa shape index (κ3) is 4.30. The third-order valence-corrected chi connectivity index (χ3v) is 4.72. The molecular weight excluding hydrogens is 380 g/mol. The van der Waals surface area contributed by atoms with Gasteiger partial charge in [0.15, 0.2) is 0 Å². The van der Waals surface area contributed by atoms with E-state index in [0.29, 0.717) is 11.3 Å². The van der Waals surface area contributed by atoms with Gasteiger partial charge in [0.2, 0.25) is 5.91 Å². The number of hydrogen-bond acceptors (Lipinski definition) is 4. The predicted octanol–water partition coefficient (Wildman–Crippen LogP) is 3.73. The van der Waals surface area contributed by atoms with Gasteiger partial charge in [-0.2, -0.15) is 0 Å². The van der Waals surface area contributed by atoms with Crippen molar-refractivity contribution in [1.29, 1.82) is 0 Å². The molecule has 0 saturated carbocycles. The minimum atomic E-state index is -0.399. The van der Waals surface area contributed by atoms with E-state index in [0.717, 1.165) is 21.8 Å². The van der Waals surface area contributed by atoms with E-state index in [1.807, 2.05) is 54.6 Å². The number of para-hydroxylation sites is 3. The van der Waals surface area contributed by atoms with Gasteiger partial charge in [0.1, 0.15) is 0 Å². The lowest BCUT2D eigenvalue weighted by atomic mass is 10.1. The largest absolute Gasteiger partial charge is 0.354 e. The maximum absolute atomic E-state index is 12.7. The van der Waals surface area contributed by atoms with Gasteiger partial charge in [0.05, 0.1) is 24.5 Å². The number of nitrogens with zero attached hydrogens (tertiary/aromatic N) is 1. The first-order chi connectivity index (χ1) is 14.6. The number of hydrogen-bond donors (Lipinski definition) is 3. The molecule has 4 rings (SSSR count). The molecule has 7 heteroatoms. The van der Waals surface area contributed by atoms with Gasteiger partial charge in [-0.05, 0) is 42.0 Å². The number of imide groups is 1. The lowest BCUT2D eigenvalue weighted by molar-refractivity contribution is -0.125. The standard InChI is InChI=1S/C23H20N4O3/c28-21-14-24-23(30)27(21)15-16-10-12-17(13-11-16)22(29)26-20-9-5-4-8-19(20)25-18-6-2-1-3-7-18/h1-13,25H,14-15H2,(H,24,30)(H,26,29). The van der Waals surface area contributed by atoms with E-state index in [1.54, 1.807) is 24.3 Å². The molecule has 0 radical (unpaired) electrons. The summed E-state index contributed by atoms with van der Waals surface area (Å²) in [5.41, 5.74) is 3.61. The van der Waals surface area contributed by atoms with Gasteiger partial charge >= 0.3 is 6.03 Å². The molecule has 0 aromatic heterocycles. The zero-order valence-electron chi connectivity index (χ0n) is 16.1. The number of amides is 4. The van der Waals surface area contributed by atoms with Crippen molar-refractivity contribution in [3.05, 3.63) is 90.0 Å². The predicted molar refractivity (Wildman–Crippen MR) is 115 cm³/mol. The quantitative estimate of drug-likeness (QED) is 0.550. The molecule has 3 aromatic rings. The van der Waals surface area contributed by atoms with Crippen molar-refractivity contribution >= 4 is 34.9 Å². The number of urea groups is 1. The highest BCUT2D eigenvalue weighted by atomic mass is 16.2. The van der Waals surface area contributed by atoms with Crippen LogP contribution in [0.1, 0.15) is 15.9 Å². The zero-order chi connectivity index (χ0) is 20.9. The summed E-state index contributed by atoms with van der Waals surface area (Å²) in [7, 11) is 0. The fourth-order valence-corrected chi connectivity index (χ4v) is 3.13. The van der Waals surface area contributed by atoms with Crippen LogP contribution < -0.4 is 16.0 Å². The van der Waals surface area contributed by atoms with Crippen molar-refractivity contribution in [2.24, 2.45) is 0 Å². The molecule has 4 amide bonds. The zero-order valence-corrected chi connectivity index (χ0v) is 16.1. The van der Waals surface area contributed by atoms with E-state index in [9.17, 15) is 14.4 Å². The normalized spacial score (nSPS) is 13.1. The summed E-state index contributed by atoms with van der Waals surface area (Å²) in [6.07, 6.45) is 0. The van der Waals surface area contributed by atoms with Crippen LogP contribution >= 0.6 is 0 Å². The lowest BCUT2D eigenvalue weighted by Crippen LogP contribution is -2.30. The van der Waals surface area contributed by atoms with Crippen LogP contribution in [0.5, 0.6) is 0 Å². The Morgan fingerprint density at radius 2 is 1.53 bits per heavy atom. The summed E-state index contributed by atoms with van der Waals surface area (Å²) in [5, 5.41) is 8.71. The molecule has 1 heterocycles. The fourth-order valence-electron chi connectivity index (χ4n) is 3.13. The van der Waals surface area contributed by atoms with Gasteiger partial charge in [-0.25, -0.2) is 4.79 Å². The molecule has 0 aliphatic carbocycles. The second-order valence-electron chi connectivity index (χ2n) is 6.83. The molecule has 1 aliphatic heterocycles. The minimum absolute atomic E-state index is 0.0236. The second-order valence-corrected chi connectivity index (χ2v) is 6.83. The molecule has 1 aliphatic rings. The molecule has 0 spiro atoms. The van der Waals surface area contributed by atoms with Gasteiger partial charge in [-0.3, -0.25) is 14.5 Å². The Morgan fingerprint density at radius 1 is 0.867 bits per heavy atom. The van der Waals surface area contributed by atoms with Crippen LogP contribution in [0.2, 0.25) is 0 Å². The highest BCUT2D eigenvalue weighted by molar-refractivity contribution is 6.06. The fraction of sp³-hybridized carbons (Fsp3) is 0.0870. The summed E-state index contributed by atoms with van der Waals surface area (Å²) in [6, 6.07) is 23.6. The van der Waals surface area contributed by atoms with Crippen molar-refractivity contribution in [2.75, 3.05) is 17.2 Å². The van der Waals surface area contributed by atoms with Crippen molar-refractivity contribution in [1.82, 2.24) is 10.2 Å². The Kier molecular flexibility index (Phi) is 5.43. The van der Waals surface area contributed by atoms with Gasteiger partial charge in [0, 0.05) is 11.3 Å². The number of rotatable bonds is 6. The van der Waals surface area contributed by atoms with Crippen LogP contribution in [0.25, 0.3) is 0 Å². The van der Waals surface area contributed by atoms with E-state index in [1.165, 1.54) is 0 Å². The number of anilines is 3. The highest BCUT2D eigenvalue weighted by Gasteiger charge is 2.28. The van der Waals surface area contributed by atoms with Gasteiger partial charge in [0.25, 0.3) is 5.91 Å². The van der Waals surface area contributed by atoms with Crippen molar-refractivity contribution in [2.45, 2.75) is 6.54 Å². The second kappa shape index (κ2) is 8.48. The average Bonchev–Trinajstić information content (AvgIpc) is 3.08. The van der Waals surface area contributed by atoms with Crippen LogP contribution in [0, 0.1) is 0 Å². The first-order valence-electron chi connectivity index (χ1n) is 9.50. The van der Waals surface area contributed by atoms with Crippen LogP contribution in [0.4, 0.5) is 21.9 Å². The molecule has 0 unspecified atom stereocenters. The van der Waals surface area contributed by atoms with Crippen LogP contribution in [0.3, 0.4) is 0 Å². The third-order valence-electron chi connectivity index (χ3n) is 4.72. The molecule has 0 bridgehead atoms. The van der Waals surface area contributed by atoms with Gasteiger partial charge in [-0.1, -0.05) is 42.5 Å².